The second kappa shape index (κ2) is 6.90. The Labute approximate surface area is 157 Å². The number of nitrogens with zero attached hydrogens (tertiary/aromatic N) is 3. The third-order valence-electron chi connectivity index (χ3n) is 3.94. The van der Waals surface area contributed by atoms with E-state index in [0.717, 1.165) is 11.3 Å². The molecule has 8 heteroatoms. The van der Waals surface area contributed by atoms with E-state index in [9.17, 15) is 15.4 Å². The van der Waals surface area contributed by atoms with Gasteiger partial charge in [-0.3, -0.25) is 10.1 Å². The molecule has 0 radical (unpaired) electrons. The van der Waals surface area contributed by atoms with Crippen LogP contribution in [0.2, 0.25) is 0 Å². The van der Waals surface area contributed by atoms with Gasteiger partial charge in [-0.1, -0.05) is 0 Å². The van der Waals surface area contributed by atoms with Crippen molar-refractivity contribution in [3.05, 3.63) is 68.5 Å². The van der Waals surface area contributed by atoms with Gasteiger partial charge in [-0.15, -0.1) is 11.3 Å². The highest BCUT2D eigenvalue weighted by Crippen LogP contribution is 2.36. The van der Waals surface area contributed by atoms with Crippen LogP contribution >= 0.6 is 11.3 Å². The van der Waals surface area contributed by atoms with Gasteiger partial charge < -0.3 is 9.47 Å². The highest BCUT2D eigenvalue weighted by molar-refractivity contribution is 7.11. The second-order valence-corrected chi connectivity index (χ2v) is 6.48. The molecule has 1 aliphatic rings. The lowest BCUT2D eigenvalue weighted by Gasteiger charge is -1.99. The van der Waals surface area contributed by atoms with E-state index < -0.39 is 4.92 Å². The number of hydrogen-bond acceptors (Lipinski definition) is 7. The number of hydrogen-bond donors (Lipinski definition) is 0. The molecule has 2 heterocycles. The van der Waals surface area contributed by atoms with Crippen molar-refractivity contribution < 1.29 is 14.4 Å². The Balaban J connectivity index is 1.62. The van der Waals surface area contributed by atoms with E-state index in [1.807, 2.05) is 23.6 Å². The monoisotopic (exact) mass is 377 g/mol. The fourth-order valence-corrected chi connectivity index (χ4v) is 3.38. The lowest BCUT2D eigenvalue weighted by molar-refractivity contribution is -0.384. The van der Waals surface area contributed by atoms with Crippen LogP contribution in [-0.2, 0) is 0 Å². The van der Waals surface area contributed by atoms with Gasteiger partial charge in [-0.2, -0.15) is 5.26 Å². The molecule has 1 aromatic heterocycles. The number of rotatable bonds is 4. The first-order valence-corrected chi connectivity index (χ1v) is 8.74. The van der Waals surface area contributed by atoms with Crippen molar-refractivity contribution in [1.82, 2.24) is 4.98 Å². The third-order valence-corrected chi connectivity index (χ3v) is 4.81. The molecule has 0 bridgehead atoms. The Kier molecular flexibility index (Phi) is 4.28. The average molecular weight is 377 g/mol. The van der Waals surface area contributed by atoms with E-state index in [1.54, 1.807) is 18.2 Å². The van der Waals surface area contributed by atoms with E-state index in [4.69, 9.17) is 9.47 Å². The summed E-state index contributed by atoms with van der Waals surface area (Å²) in [6.45, 7) is 0.206. The molecule has 1 aliphatic heterocycles. The molecule has 0 saturated carbocycles. The summed E-state index contributed by atoms with van der Waals surface area (Å²) < 4.78 is 10.7. The van der Waals surface area contributed by atoms with Crippen LogP contribution in [0.3, 0.4) is 0 Å². The summed E-state index contributed by atoms with van der Waals surface area (Å²) in [5, 5.41) is 22.7. The van der Waals surface area contributed by atoms with Crippen molar-refractivity contribution in [2.45, 2.75) is 0 Å². The average Bonchev–Trinajstić information content (AvgIpc) is 3.35. The van der Waals surface area contributed by atoms with Crippen LogP contribution in [0.1, 0.15) is 10.6 Å². The van der Waals surface area contributed by atoms with E-state index in [-0.39, 0.29) is 12.5 Å². The molecule has 0 N–H and O–H groups in total. The van der Waals surface area contributed by atoms with Gasteiger partial charge in [0, 0.05) is 23.1 Å². The number of non-ortho nitro benzene ring substituents is 1. The molecule has 0 amide bonds. The summed E-state index contributed by atoms with van der Waals surface area (Å²) in [5.41, 5.74) is 2.69. The number of allylic oxidation sites excluding steroid dienone is 1. The fourth-order valence-electron chi connectivity index (χ4n) is 2.59. The van der Waals surface area contributed by atoms with Crippen LogP contribution in [0.4, 0.5) is 5.69 Å². The number of benzene rings is 2. The van der Waals surface area contributed by atoms with Crippen molar-refractivity contribution >= 4 is 28.7 Å². The molecule has 0 spiro atoms. The number of nitriles is 1. The molecule has 27 heavy (non-hydrogen) atoms. The Bertz CT molecular complexity index is 1100. The smallest absolute Gasteiger partial charge is 0.269 e. The lowest BCUT2D eigenvalue weighted by atomic mass is 10.1. The first-order chi connectivity index (χ1) is 13.1. The normalized spacial score (nSPS) is 12.6. The number of nitro benzene ring substituents is 1. The standard InChI is InChI=1S/C19H11N3O4S/c20-9-14(7-12-1-4-15(5-2-12)22(23)24)19-21-16(10-27-19)13-3-6-17-18(8-13)26-11-25-17/h1-8,10H,11H2/b14-7+. The largest absolute Gasteiger partial charge is 0.454 e. The molecule has 0 atom stereocenters. The Morgan fingerprint density at radius 1 is 1.22 bits per heavy atom. The zero-order valence-electron chi connectivity index (χ0n) is 13.8. The van der Waals surface area contributed by atoms with Crippen LogP contribution in [0, 0.1) is 21.4 Å². The molecule has 4 rings (SSSR count). The minimum atomic E-state index is -0.461. The van der Waals surface area contributed by atoms with E-state index in [1.165, 1.54) is 23.5 Å². The third kappa shape index (κ3) is 3.36. The van der Waals surface area contributed by atoms with Crippen LogP contribution in [-0.4, -0.2) is 16.7 Å². The van der Waals surface area contributed by atoms with Crippen molar-refractivity contribution in [3.63, 3.8) is 0 Å². The summed E-state index contributed by atoms with van der Waals surface area (Å²) >= 11 is 1.36. The number of thiazole rings is 1. The maximum atomic E-state index is 10.7. The van der Waals surface area contributed by atoms with Gasteiger partial charge in [0.15, 0.2) is 11.5 Å². The van der Waals surface area contributed by atoms with E-state index in [2.05, 4.69) is 11.1 Å². The number of aromatic nitrogens is 1. The molecule has 2 aromatic carbocycles. The molecule has 3 aromatic rings. The molecule has 0 unspecified atom stereocenters. The van der Waals surface area contributed by atoms with Crippen LogP contribution in [0.15, 0.2) is 47.8 Å². The number of ether oxygens (including phenoxy) is 2. The van der Waals surface area contributed by atoms with Crippen molar-refractivity contribution in [2.75, 3.05) is 6.79 Å². The Hall–Kier alpha value is -3.70. The van der Waals surface area contributed by atoms with Gasteiger partial charge in [-0.05, 0) is 42.0 Å². The zero-order chi connectivity index (χ0) is 18.8. The minimum absolute atomic E-state index is 0.00463. The van der Waals surface area contributed by atoms with Crippen LogP contribution in [0.5, 0.6) is 11.5 Å². The van der Waals surface area contributed by atoms with Gasteiger partial charge in [0.1, 0.15) is 11.1 Å². The molecule has 0 aliphatic carbocycles. The van der Waals surface area contributed by atoms with Gasteiger partial charge in [0.2, 0.25) is 6.79 Å². The maximum absolute atomic E-state index is 10.7. The first kappa shape index (κ1) is 16.8. The van der Waals surface area contributed by atoms with Crippen molar-refractivity contribution in [1.29, 1.82) is 5.26 Å². The summed E-state index contributed by atoms with van der Waals surface area (Å²) in [6.07, 6.45) is 1.66. The van der Waals surface area contributed by atoms with E-state index >= 15 is 0 Å². The molecule has 132 valence electrons. The Morgan fingerprint density at radius 2 is 2.00 bits per heavy atom. The minimum Gasteiger partial charge on any atom is -0.454 e. The first-order valence-electron chi connectivity index (χ1n) is 7.86. The van der Waals surface area contributed by atoms with Gasteiger partial charge in [-0.25, -0.2) is 4.98 Å². The molecular formula is C19H11N3O4S. The van der Waals surface area contributed by atoms with E-state index in [0.29, 0.717) is 27.6 Å². The van der Waals surface area contributed by atoms with Crippen LogP contribution in [0.25, 0.3) is 22.9 Å². The highest BCUT2D eigenvalue weighted by Gasteiger charge is 2.16. The second-order valence-electron chi connectivity index (χ2n) is 5.62. The molecule has 0 fully saturated rings. The fraction of sp³-hybridized carbons (Fsp3) is 0.0526. The molecule has 0 saturated heterocycles. The topological polar surface area (TPSA) is 98.3 Å². The highest BCUT2D eigenvalue weighted by atomic mass is 32.1. The van der Waals surface area contributed by atoms with Crippen LogP contribution < -0.4 is 9.47 Å². The Morgan fingerprint density at radius 3 is 2.74 bits per heavy atom. The van der Waals surface area contributed by atoms with Gasteiger partial charge in [0.25, 0.3) is 5.69 Å². The van der Waals surface area contributed by atoms with Gasteiger partial charge >= 0.3 is 0 Å². The summed E-state index contributed by atoms with van der Waals surface area (Å²) in [7, 11) is 0. The number of fused-ring (bicyclic) bond motifs is 1. The maximum Gasteiger partial charge on any atom is 0.269 e. The number of nitro groups is 1. The van der Waals surface area contributed by atoms with Crippen molar-refractivity contribution in [2.24, 2.45) is 0 Å². The quantitative estimate of drug-likeness (QED) is 0.377. The summed E-state index contributed by atoms with van der Waals surface area (Å²) in [4.78, 5) is 14.8. The lowest BCUT2D eigenvalue weighted by Crippen LogP contribution is -1.92. The summed E-state index contributed by atoms with van der Waals surface area (Å²) in [5.74, 6) is 1.37. The zero-order valence-corrected chi connectivity index (χ0v) is 14.6. The molecule has 7 nitrogen and oxygen atoms in total. The molecular weight excluding hydrogens is 366 g/mol. The summed E-state index contributed by atoms with van der Waals surface area (Å²) in [6, 6.07) is 13.7. The van der Waals surface area contributed by atoms with Crippen molar-refractivity contribution in [3.8, 4) is 28.8 Å². The predicted octanol–water partition coefficient (Wildman–Crippen LogP) is 4.51. The SMILES string of the molecule is N#C/C(=C\c1ccc([N+](=O)[O-])cc1)c1nc(-c2ccc3c(c2)OCO3)cs1. The predicted molar refractivity (Wildman–Crippen MR) is 100 cm³/mol. The van der Waals surface area contributed by atoms with Gasteiger partial charge in [0.05, 0.1) is 16.2 Å².